The molecular weight excluding hydrogens is 414 g/mol. The molecule has 2 heterocycles. The Labute approximate surface area is 195 Å². The fraction of sp³-hybridized carbons (Fsp3) is 0.444. The zero-order valence-electron chi connectivity index (χ0n) is 18.9. The van der Waals surface area contributed by atoms with E-state index in [1.807, 2.05) is 17.0 Å². The van der Waals surface area contributed by atoms with Crippen LogP contribution in [0.4, 0.5) is 0 Å². The van der Waals surface area contributed by atoms with Crippen LogP contribution in [0.2, 0.25) is 0 Å². The van der Waals surface area contributed by atoms with Gasteiger partial charge in [-0.15, -0.1) is 0 Å². The smallest absolute Gasteiger partial charge is 0.242 e. The molecule has 0 unspecified atom stereocenters. The molecule has 2 atom stereocenters. The second-order valence-corrected chi connectivity index (χ2v) is 9.40. The van der Waals surface area contributed by atoms with Crippen molar-refractivity contribution in [2.24, 2.45) is 11.8 Å². The summed E-state index contributed by atoms with van der Waals surface area (Å²) in [7, 11) is 0. The van der Waals surface area contributed by atoms with Crippen molar-refractivity contribution >= 4 is 17.7 Å². The van der Waals surface area contributed by atoms with Crippen molar-refractivity contribution in [3.63, 3.8) is 0 Å². The Morgan fingerprint density at radius 1 is 0.758 bits per heavy atom. The minimum atomic E-state index is -0.201. The third-order valence-electron chi connectivity index (χ3n) is 7.49. The molecule has 0 aromatic heterocycles. The third kappa shape index (κ3) is 4.32. The number of rotatable bonds is 5. The Bertz CT molecular complexity index is 938. The first-order chi connectivity index (χ1) is 16.1. The van der Waals surface area contributed by atoms with Gasteiger partial charge in [-0.2, -0.15) is 0 Å². The summed E-state index contributed by atoms with van der Waals surface area (Å²) in [5.74, 6) is -0.789. The van der Waals surface area contributed by atoms with Crippen molar-refractivity contribution < 1.29 is 14.4 Å². The van der Waals surface area contributed by atoms with Gasteiger partial charge in [-0.1, -0.05) is 73.5 Å². The number of likely N-dealkylation sites (tertiary alicyclic amines) is 1. The number of hydrogen-bond acceptors (Lipinski definition) is 4. The van der Waals surface area contributed by atoms with Gasteiger partial charge in [-0.25, -0.2) is 0 Å². The molecule has 1 saturated carbocycles. The highest BCUT2D eigenvalue weighted by Crippen LogP contribution is 2.38. The number of carbonyl (C=O) groups excluding carboxylic acids is 3. The molecule has 0 N–H and O–H groups in total. The topological polar surface area (TPSA) is 60.9 Å². The van der Waals surface area contributed by atoms with Gasteiger partial charge in [0.2, 0.25) is 17.7 Å². The number of hydrogen-bond donors (Lipinski definition) is 0. The van der Waals surface area contributed by atoms with Crippen LogP contribution in [-0.2, 0) is 14.4 Å². The van der Waals surface area contributed by atoms with E-state index < -0.39 is 0 Å². The Morgan fingerprint density at radius 3 is 1.73 bits per heavy atom. The highest BCUT2D eigenvalue weighted by Gasteiger charge is 2.48. The largest absolute Gasteiger partial charge is 0.339 e. The quantitative estimate of drug-likeness (QED) is 0.664. The van der Waals surface area contributed by atoms with Gasteiger partial charge in [0, 0.05) is 26.2 Å². The highest BCUT2D eigenvalue weighted by atomic mass is 16.2. The lowest BCUT2D eigenvalue weighted by Gasteiger charge is -2.40. The average molecular weight is 446 g/mol. The summed E-state index contributed by atoms with van der Waals surface area (Å²) in [5, 5.41) is 0. The molecule has 3 fully saturated rings. The predicted molar refractivity (Wildman–Crippen MR) is 125 cm³/mol. The molecule has 0 bridgehead atoms. The van der Waals surface area contributed by atoms with E-state index >= 15 is 0 Å². The molecule has 5 rings (SSSR count). The van der Waals surface area contributed by atoms with E-state index in [1.165, 1.54) is 16.0 Å². The van der Waals surface area contributed by atoms with Crippen molar-refractivity contribution in [2.45, 2.75) is 31.7 Å². The maximum atomic E-state index is 13.0. The molecule has 2 aromatic rings. The molecule has 1 aliphatic carbocycles. The molecule has 0 radical (unpaired) electrons. The normalized spacial score (nSPS) is 23.8. The molecule has 0 spiro atoms. The molecule has 2 aliphatic heterocycles. The zero-order chi connectivity index (χ0) is 22.8. The standard InChI is InChI=1S/C27H31N3O3/c31-24(19-30-26(32)22-13-7-8-14-23(22)27(30)33)28-15-17-29(18-16-28)25(20-9-3-1-4-10-20)21-11-5-2-6-12-21/h1-6,9-12,22-23,25H,7-8,13-19H2/t22-,23-/m0/s1. The molecule has 2 saturated heterocycles. The van der Waals surface area contributed by atoms with E-state index in [4.69, 9.17) is 0 Å². The van der Waals surface area contributed by atoms with E-state index in [2.05, 4.69) is 53.4 Å². The summed E-state index contributed by atoms with van der Waals surface area (Å²) < 4.78 is 0. The molecular formula is C27H31N3O3. The summed E-state index contributed by atoms with van der Waals surface area (Å²) in [5.41, 5.74) is 2.47. The molecule has 6 nitrogen and oxygen atoms in total. The molecule has 3 aliphatic rings. The summed E-state index contributed by atoms with van der Waals surface area (Å²) in [6, 6.07) is 21.0. The molecule has 3 amide bonds. The fourth-order valence-electron chi connectivity index (χ4n) is 5.74. The number of fused-ring (bicyclic) bond motifs is 1. The molecule has 33 heavy (non-hydrogen) atoms. The minimum Gasteiger partial charge on any atom is -0.339 e. The van der Waals surface area contributed by atoms with Gasteiger partial charge >= 0.3 is 0 Å². The SMILES string of the molecule is O=C(CN1C(=O)[C@H]2CCCC[C@@H]2C1=O)N1CCN(C(c2ccccc2)c2ccccc2)CC1. The predicted octanol–water partition coefficient (Wildman–Crippen LogP) is 3.10. The van der Waals surface area contributed by atoms with Crippen LogP contribution in [-0.4, -0.2) is 65.1 Å². The maximum absolute atomic E-state index is 13.0. The lowest BCUT2D eigenvalue weighted by Crippen LogP contribution is -2.52. The average Bonchev–Trinajstić information content (AvgIpc) is 3.11. The zero-order valence-corrected chi connectivity index (χ0v) is 18.9. The summed E-state index contributed by atoms with van der Waals surface area (Å²) in [4.78, 5) is 44.0. The van der Waals surface area contributed by atoms with Gasteiger partial charge in [-0.05, 0) is 24.0 Å². The van der Waals surface area contributed by atoms with Crippen LogP contribution in [0.3, 0.4) is 0 Å². The van der Waals surface area contributed by atoms with Gasteiger partial charge in [0.05, 0.1) is 17.9 Å². The van der Waals surface area contributed by atoms with Crippen LogP contribution >= 0.6 is 0 Å². The van der Waals surface area contributed by atoms with Crippen LogP contribution in [0.25, 0.3) is 0 Å². The van der Waals surface area contributed by atoms with Crippen LogP contribution in [0, 0.1) is 11.8 Å². The van der Waals surface area contributed by atoms with E-state index in [-0.39, 0.29) is 42.1 Å². The Morgan fingerprint density at radius 2 is 1.24 bits per heavy atom. The van der Waals surface area contributed by atoms with Gasteiger partial charge in [0.1, 0.15) is 6.54 Å². The fourth-order valence-corrected chi connectivity index (χ4v) is 5.74. The summed E-state index contributed by atoms with van der Waals surface area (Å²) >= 11 is 0. The first kappa shape index (κ1) is 21.8. The summed E-state index contributed by atoms with van der Waals surface area (Å²) in [6.07, 6.45) is 3.54. The number of nitrogens with zero attached hydrogens (tertiary/aromatic N) is 3. The maximum Gasteiger partial charge on any atom is 0.242 e. The molecule has 2 aromatic carbocycles. The number of benzene rings is 2. The van der Waals surface area contributed by atoms with Crippen molar-refractivity contribution in [1.82, 2.24) is 14.7 Å². The molecule has 6 heteroatoms. The highest BCUT2D eigenvalue weighted by molar-refractivity contribution is 6.07. The van der Waals surface area contributed by atoms with Gasteiger partial charge in [0.15, 0.2) is 0 Å². The first-order valence-electron chi connectivity index (χ1n) is 12.1. The number of imide groups is 1. The van der Waals surface area contributed by atoms with E-state index in [1.54, 1.807) is 0 Å². The van der Waals surface area contributed by atoms with Crippen LogP contribution in [0.15, 0.2) is 60.7 Å². The first-order valence-corrected chi connectivity index (χ1v) is 12.1. The van der Waals surface area contributed by atoms with E-state index in [0.717, 1.165) is 38.8 Å². The van der Waals surface area contributed by atoms with Crippen molar-refractivity contribution in [3.05, 3.63) is 71.8 Å². The van der Waals surface area contributed by atoms with E-state index in [9.17, 15) is 14.4 Å². The second kappa shape index (κ2) is 9.48. The second-order valence-electron chi connectivity index (χ2n) is 9.40. The lowest BCUT2D eigenvalue weighted by atomic mass is 9.81. The lowest BCUT2D eigenvalue weighted by molar-refractivity contribution is -0.147. The van der Waals surface area contributed by atoms with Gasteiger partial charge in [-0.3, -0.25) is 24.2 Å². The Balaban J connectivity index is 1.24. The Hall–Kier alpha value is -2.99. The van der Waals surface area contributed by atoms with Crippen LogP contribution < -0.4 is 0 Å². The van der Waals surface area contributed by atoms with Gasteiger partial charge in [0.25, 0.3) is 0 Å². The number of amides is 3. The van der Waals surface area contributed by atoms with Crippen LogP contribution in [0.5, 0.6) is 0 Å². The monoisotopic (exact) mass is 445 g/mol. The summed E-state index contributed by atoms with van der Waals surface area (Å²) in [6.45, 7) is 2.57. The number of carbonyl (C=O) groups is 3. The van der Waals surface area contributed by atoms with Gasteiger partial charge < -0.3 is 4.90 Å². The minimum absolute atomic E-state index is 0.106. The van der Waals surface area contributed by atoms with E-state index in [0.29, 0.717) is 13.1 Å². The van der Waals surface area contributed by atoms with Crippen molar-refractivity contribution in [2.75, 3.05) is 32.7 Å². The van der Waals surface area contributed by atoms with Crippen molar-refractivity contribution in [1.29, 1.82) is 0 Å². The van der Waals surface area contributed by atoms with Crippen LogP contribution in [0.1, 0.15) is 42.9 Å². The third-order valence-corrected chi connectivity index (χ3v) is 7.49. The Kier molecular flexibility index (Phi) is 6.27. The number of piperazine rings is 1. The van der Waals surface area contributed by atoms with Crippen molar-refractivity contribution in [3.8, 4) is 0 Å². The molecule has 172 valence electrons.